The first-order chi connectivity index (χ1) is 13.9. The molecular weight excluding hydrogens is 401 g/mol. The fourth-order valence-electron chi connectivity index (χ4n) is 3.42. The Hall–Kier alpha value is -3.00. The Balaban J connectivity index is 1.78. The topological polar surface area (TPSA) is 90.9 Å². The van der Waals surface area contributed by atoms with Crippen LogP contribution in [0, 0.1) is 5.82 Å². The molecule has 3 amide bonds. The van der Waals surface area contributed by atoms with Gasteiger partial charge in [-0.15, -0.1) is 0 Å². The number of ether oxygens (including phenoxy) is 1. The molecule has 1 fully saturated rings. The maximum absolute atomic E-state index is 14.7. The van der Waals surface area contributed by atoms with Crippen LogP contribution in [0.15, 0.2) is 42.5 Å². The summed E-state index contributed by atoms with van der Waals surface area (Å²) in [5.41, 5.74) is 0.885. The van der Waals surface area contributed by atoms with Crippen molar-refractivity contribution in [1.29, 1.82) is 0 Å². The summed E-state index contributed by atoms with van der Waals surface area (Å²) >= 11 is 5.84. The number of hydrogen-bond acceptors (Lipinski definition) is 3. The third-order valence-electron chi connectivity index (χ3n) is 4.91. The van der Waals surface area contributed by atoms with Crippen LogP contribution in [0.1, 0.15) is 17.9 Å². The average Bonchev–Trinajstić information content (AvgIpc) is 2.70. The van der Waals surface area contributed by atoms with Crippen molar-refractivity contribution in [3.8, 4) is 5.75 Å². The minimum absolute atomic E-state index is 0.0739. The van der Waals surface area contributed by atoms with Gasteiger partial charge in [-0.1, -0.05) is 17.7 Å². The lowest BCUT2D eigenvalue weighted by molar-refractivity contribution is 0.122. The molecule has 154 valence electrons. The second-order valence-corrected chi connectivity index (χ2v) is 7.16. The van der Waals surface area contributed by atoms with Crippen molar-refractivity contribution in [2.45, 2.75) is 18.4 Å². The summed E-state index contributed by atoms with van der Waals surface area (Å²) in [6.07, 6.45) is -0.718. The van der Waals surface area contributed by atoms with Gasteiger partial charge in [-0.3, -0.25) is 0 Å². The smallest absolute Gasteiger partial charge is 0.407 e. The summed E-state index contributed by atoms with van der Waals surface area (Å²) in [5.74, 6) is -0.685. The fourth-order valence-corrected chi connectivity index (χ4v) is 3.54. The molecule has 1 aliphatic heterocycles. The zero-order valence-electron chi connectivity index (χ0n) is 15.7. The molecule has 0 saturated carbocycles. The number of amides is 3. The highest BCUT2D eigenvalue weighted by Crippen LogP contribution is 2.31. The number of carboxylic acid groups (broad SMARTS) is 1. The summed E-state index contributed by atoms with van der Waals surface area (Å²) in [7, 11) is 1.44. The van der Waals surface area contributed by atoms with Gasteiger partial charge >= 0.3 is 12.1 Å². The zero-order valence-corrected chi connectivity index (χ0v) is 16.4. The van der Waals surface area contributed by atoms with Gasteiger partial charge in [0.25, 0.3) is 0 Å². The van der Waals surface area contributed by atoms with Crippen molar-refractivity contribution in [3.05, 3.63) is 58.9 Å². The van der Waals surface area contributed by atoms with Gasteiger partial charge in [0.2, 0.25) is 0 Å². The Labute approximate surface area is 172 Å². The number of likely N-dealkylation sites (tertiary alicyclic amines) is 1. The van der Waals surface area contributed by atoms with Crippen LogP contribution in [0.4, 0.5) is 19.7 Å². The molecule has 1 saturated heterocycles. The molecule has 0 aliphatic carbocycles. The van der Waals surface area contributed by atoms with Gasteiger partial charge in [0.05, 0.1) is 7.11 Å². The maximum atomic E-state index is 14.7. The molecule has 1 heterocycles. The van der Waals surface area contributed by atoms with Crippen LogP contribution >= 0.6 is 11.6 Å². The van der Waals surface area contributed by atoms with Gasteiger partial charge in [0, 0.05) is 41.8 Å². The van der Waals surface area contributed by atoms with Gasteiger partial charge in [0.1, 0.15) is 11.6 Å². The second-order valence-electron chi connectivity index (χ2n) is 6.72. The predicted octanol–water partition coefficient (Wildman–Crippen LogP) is 4.15. The minimum Gasteiger partial charge on any atom is -0.497 e. The van der Waals surface area contributed by atoms with Crippen LogP contribution in [0.2, 0.25) is 5.02 Å². The van der Waals surface area contributed by atoms with Gasteiger partial charge in [-0.25, -0.2) is 14.0 Å². The van der Waals surface area contributed by atoms with Crippen molar-refractivity contribution < 1.29 is 23.8 Å². The van der Waals surface area contributed by atoms with E-state index in [1.807, 2.05) is 0 Å². The van der Waals surface area contributed by atoms with Crippen LogP contribution in [0.25, 0.3) is 0 Å². The Morgan fingerprint density at radius 1 is 1.24 bits per heavy atom. The highest BCUT2D eigenvalue weighted by atomic mass is 35.5. The number of carbonyl (C=O) groups is 2. The largest absolute Gasteiger partial charge is 0.497 e. The van der Waals surface area contributed by atoms with Gasteiger partial charge in [-0.2, -0.15) is 0 Å². The number of piperidine rings is 1. The number of benzene rings is 2. The maximum Gasteiger partial charge on any atom is 0.407 e. The predicted molar refractivity (Wildman–Crippen MR) is 107 cm³/mol. The normalized spacial score (nSPS) is 18.8. The first kappa shape index (κ1) is 20.7. The summed E-state index contributed by atoms with van der Waals surface area (Å²) in [5, 5.41) is 15.4. The van der Waals surface area contributed by atoms with Gasteiger partial charge in [-0.05, 0) is 42.3 Å². The fraction of sp³-hybridized carbons (Fsp3) is 0.300. The van der Waals surface area contributed by atoms with E-state index in [1.54, 1.807) is 36.4 Å². The number of urea groups is 1. The summed E-state index contributed by atoms with van der Waals surface area (Å²) in [6, 6.07) is 10.2. The minimum atomic E-state index is -1.08. The molecule has 0 spiro atoms. The quantitative estimate of drug-likeness (QED) is 0.691. The number of nitrogens with one attached hydrogen (secondary N) is 2. The first-order valence-electron chi connectivity index (χ1n) is 9.01. The molecule has 29 heavy (non-hydrogen) atoms. The van der Waals surface area contributed by atoms with Crippen LogP contribution in [-0.2, 0) is 0 Å². The van der Waals surface area contributed by atoms with E-state index >= 15 is 0 Å². The lowest BCUT2D eigenvalue weighted by atomic mass is 9.85. The molecule has 3 rings (SSSR count). The third kappa shape index (κ3) is 5.08. The third-order valence-corrected chi connectivity index (χ3v) is 5.16. The van der Waals surface area contributed by atoms with E-state index in [9.17, 15) is 19.1 Å². The molecule has 0 radical (unpaired) electrons. The van der Waals surface area contributed by atoms with Gasteiger partial charge < -0.3 is 25.4 Å². The molecule has 2 aromatic rings. The molecule has 3 N–H and O–H groups in total. The number of rotatable bonds is 4. The number of halogens is 2. The molecule has 2 atom stereocenters. The highest BCUT2D eigenvalue weighted by molar-refractivity contribution is 6.30. The van der Waals surface area contributed by atoms with Crippen molar-refractivity contribution in [3.63, 3.8) is 0 Å². The molecule has 7 nitrogen and oxygen atoms in total. The van der Waals surface area contributed by atoms with E-state index < -0.39 is 29.9 Å². The summed E-state index contributed by atoms with van der Waals surface area (Å²) < 4.78 is 19.7. The number of hydrogen-bond donors (Lipinski definition) is 3. The molecule has 1 aliphatic rings. The number of carbonyl (C=O) groups excluding carboxylic acids is 1. The van der Waals surface area contributed by atoms with E-state index in [-0.39, 0.29) is 13.1 Å². The van der Waals surface area contributed by atoms with Crippen molar-refractivity contribution in [2.24, 2.45) is 0 Å². The van der Waals surface area contributed by atoms with Crippen molar-refractivity contribution in [1.82, 2.24) is 10.2 Å². The first-order valence-corrected chi connectivity index (χ1v) is 9.39. The molecule has 2 unspecified atom stereocenters. The Morgan fingerprint density at radius 3 is 2.59 bits per heavy atom. The highest BCUT2D eigenvalue weighted by Gasteiger charge is 2.35. The standard InChI is InChI=1S/C20H21ClFN3O4/c1-29-14-6-7-15(17(22)10-14)16-11-25(20(27)28)9-8-18(16)24-19(26)23-13-4-2-12(21)3-5-13/h2-7,10,16,18H,8-9,11H2,1H3,(H,27,28)(H2,23,24,26). The molecule has 0 aromatic heterocycles. The monoisotopic (exact) mass is 421 g/mol. The number of anilines is 1. The van der Waals surface area contributed by atoms with E-state index in [0.717, 1.165) is 0 Å². The zero-order chi connectivity index (χ0) is 21.0. The molecule has 9 heteroatoms. The number of methoxy groups -OCH3 is 1. The second kappa shape index (κ2) is 9.00. The van der Waals surface area contributed by atoms with Gasteiger partial charge in [0.15, 0.2) is 0 Å². The molecule has 2 aromatic carbocycles. The molecule has 0 bridgehead atoms. The van der Waals surface area contributed by atoms with Crippen LogP contribution in [-0.4, -0.2) is 48.4 Å². The summed E-state index contributed by atoms with van der Waals surface area (Å²) in [4.78, 5) is 25.1. The van der Waals surface area contributed by atoms with E-state index in [4.69, 9.17) is 16.3 Å². The number of nitrogens with zero attached hydrogens (tertiary/aromatic N) is 1. The lowest BCUT2D eigenvalue weighted by Gasteiger charge is -2.38. The van der Waals surface area contributed by atoms with Crippen LogP contribution in [0.5, 0.6) is 5.75 Å². The SMILES string of the molecule is COc1ccc(C2CN(C(=O)O)CCC2NC(=O)Nc2ccc(Cl)cc2)c(F)c1. The van der Waals surface area contributed by atoms with Crippen molar-refractivity contribution >= 4 is 29.4 Å². The van der Waals surface area contributed by atoms with Crippen LogP contribution < -0.4 is 15.4 Å². The van der Waals surface area contributed by atoms with E-state index in [0.29, 0.717) is 28.4 Å². The summed E-state index contributed by atoms with van der Waals surface area (Å²) in [6.45, 7) is 0.319. The van der Waals surface area contributed by atoms with E-state index in [2.05, 4.69) is 10.6 Å². The van der Waals surface area contributed by atoms with Crippen LogP contribution in [0.3, 0.4) is 0 Å². The molecular formula is C20H21ClFN3O4. The Kier molecular flexibility index (Phi) is 6.43. The lowest BCUT2D eigenvalue weighted by Crippen LogP contribution is -2.52. The van der Waals surface area contributed by atoms with Crippen molar-refractivity contribution in [2.75, 3.05) is 25.5 Å². The Morgan fingerprint density at radius 2 is 1.97 bits per heavy atom. The van der Waals surface area contributed by atoms with E-state index in [1.165, 1.54) is 18.1 Å². The average molecular weight is 422 g/mol. The Bertz CT molecular complexity index is 894.